The summed E-state index contributed by atoms with van der Waals surface area (Å²) in [6.45, 7) is 24.3. The van der Waals surface area contributed by atoms with Gasteiger partial charge < -0.3 is 13.6 Å². The van der Waals surface area contributed by atoms with Crippen LogP contribution in [0, 0.1) is 6.92 Å². The van der Waals surface area contributed by atoms with Crippen molar-refractivity contribution < 1.29 is 13.6 Å². The molecular formula is C22H41IN2O5Si2. The number of hydrogen-bond acceptors (Lipinski definition) is 5. The molecule has 0 bridgehead atoms. The van der Waals surface area contributed by atoms with E-state index in [4.69, 9.17) is 13.6 Å². The predicted molar refractivity (Wildman–Crippen MR) is 143 cm³/mol. The predicted octanol–water partition coefficient (Wildman–Crippen LogP) is 4.96. The SMILES string of the molecule is Cc1cn([C@H]2O[C@H](CO[Si](C)(C)C(C)(C)C)[C@@H](O[Si](C)(C)C(C)(C)C)[C@H]2I)c(=O)[nH]c1=O. The summed E-state index contributed by atoms with van der Waals surface area (Å²) in [5.74, 6) is 0. The van der Waals surface area contributed by atoms with Gasteiger partial charge in [-0.2, -0.15) is 0 Å². The third-order valence-corrected chi connectivity index (χ3v) is 17.6. The zero-order valence-electron chi connectivity index (χ0n) is 21.5. The third-order valence-electron chi connectivity index (χ3n) is 7.34. The van der Waals surface area contributed by atoms with E-state index in [-0.39, 0.29) is 31.8 Å². The van der Waals surface area contributed by atoms with E-state index < -0.39 is 28.6 Å². The topological polar surface area (TPSA) is 82.6 Å². The Labute approximate surface area is 208 Å². The lowest BCUT2D eigenvalue weighted by Crippen LogP contribution is -2.50. The second-order valence-electron chi connectivity index (χ2n) is 11.9. The van der Waals surface area contributed by atoms with E-state index in [0.717, 1.165) is 0 Å². The summed E-state index contributed by atoms with van der Waals surface area (Å²) >= 11 is 2.33. The molecule has 32 heavy (non-hydrogen) atoms. The van der Waals surface area contributed by atoms with Gasteiger partial charge in [-0.1, -0.05) is 64.1 Å². The van der Waals surface area contributed by atoms with Gasteiger partial charge in [-0.25, -0.2) is 4.79 Å². The highest BCUT2D eigenvalue weighted by molar-refractivity contribution is 14.1. The molecule has 10 heteroatoms. The lowest BCUT2D eigenvalue weighted by atomic mass is 10.2. The highest BCUT2D eigenvalue weighted by Gasteiger charge is 2.51. The van der Waals surface area contributed by atoms with Crippen molar-refractivity contribution in [1.29, 1.82) is 0 Å². The Morgan fingerprint density at radius 1 is 1.06 bits per heavy atom. The van der Waals surface area contributed by atoms with Crippen molar-refractivity contribution in [2.24, 2.45) is 0 Å². The van der Waals surface area contributed by atoms with Crippen LogP contribution in [0.1, 0.15) is 53.3 Å². The molecular weight excluding hydrogens is 555 g/mol. The number of hydrogen-bond donors (Lipinski definition) is 1. The van der Waals surface area contributed by atoms with Gasteiger partial charge in [0.25, 0.3) is 5.56 Å². The van der Waals surface area contributed by atoms with Gasteiger partial charge >= 0.3 is 5.69 Å². The monoisotopic (exact) mass is 596 g/mol. The first-order valence-electron chi connectivity index (χ1n) is 11.2. The van der Waals surface area contributed by atoms with Crippen LogP contribution in [0.3, 0.4) is 0 Å². The van der Waals surface area contributed by atoms with E-state index in [0.29, 0.717) is 12.2 Å². The highest BCUT2D eigenvalue weighted by atomic mass is 127. The normalized spacial score (nSPS) is 25.4. The largest absolute Gasteiger partial charge is 0.414 e. The van der Waals surface area contributed by atoms with E-state index in [2.05, 4.69) is 95.3 Å². The molecule has 0 unspecified atom stereocenters. The van der Waals surface area contributed by atoms with E-state index in [1.165, 1.54) is 4.57 Å². The second kappa shape index (κ2) is 9.40. The van der Waals surface area contributed by atoms with Gasteiger partial charge in [0.2, 0.25) is 0 Å². The standard InChI is InChI=1S/C22H41IN2O5Si2/c1-14-12-25(20(27)24-18(14)26)19-16(23)17(30-32(10,11)22(5,6)7)15(29-19)13-28-31(8,9)21(2,3)4/h12,15-17,19H,13H2,1-11H3,(H,24,26,27)/t15-,16-,17-,19+/m1/s1. The molecule has 1 N–H and O–H groups in total. The van der Waals surface area contributed by atoms with Crippen molar-refractivity contribution in [2.45, 2.75) is 107 Å². The molecule has 2 heterocycles. The second-order valence-corrected chi connectivity index (χ2v) is 22.9. The van der Waals surface area contributed by atoms with Crippen LogP contribution < -0.4 is 11.2 Å². The summed E-state index contributed by atoms with van der Waals surface area (Å²) in [6.07, 6.45) is 0.522. The van der Waals surface area contributed by atoms with Gasteiger partial charge in [-0.3, -0.25) is 14.3 Å². The fourth-order valence-electron chi connectivity index (χ4n) is 2.99. The molecule has 0 aromatic carbocycles. The van der Waals surface area contributed by atoms with Crippen molar-refractivity contribution in [1.82, 2.24) is 9.55 Å². The van der Waals surface area contributed by atoms with Gasteiger partial charge in [-0.15, -0.1) is 0 Å². The maximum Gasteiger partial charge on any atom is 0.330 e. The number of aryl methyl sites for hydroxylation is 1. The fourth-order valence-corrected chi connectivity index (χ4v) is 6.74. The number of alkyl halides is 1. The van der Waals surface area contributed by atoms with Gasteiger partial charge in [0.15, 0.2) is 22.9 Å². The molecule has 0 spiro atoms. The number of ether oxygens (including phenoxy) is 1. The zero-order chi connectivity index (χ0) is 24.9. The first-order valence-corrected chi connectivity index (χ1v) is 18.3. The van der Waals surface area contributed by atoms with Crippen LogP contribution >= 0.6 is 22.6 Å². The number of aromatic nitrogens is 2. The summed E-state index contributed by atoms with van der Waals surface area (Å²) in [4.78, 5) is 26.9. The van der Waals surface area contributed by atoms with E-state index in [1.54, 1.807) is 13.1 Å². The Hall–Kier alpha value is -0.276. The summed E-state index contributed by atoms with van der Waals surface area (Å²) in [7, 11) is -4.09. The third kappa shape index (κ3) is 5.85. The molecule has 1 aliphatic heterocycles. The lowest BCUT2D eigenvalue weighted by molar-refractivity contribution is -0.0408. The van der Waals surface area contributed by atoms with Crippen LogP contribution in [-0.4, -0.2) is 48.9 Å². The average molecular weight is 597 g/mol. The summed E-state index contributed by atoms with van der Waals surface area (Å²) < 4.78 is 21.2. The van der Waals surface area contributed by atoms with Crippen molar-refractivity contribution in [3.63, 3.8) is 0 Å². The number of nitrogens with one attached hydrogen (secondary N) is 1. The Morgan fingerprint density at radius 3 is 2.09 bits per heavy atom. The van der Waals surface area contributed by atoms with Crippen LogP contribution in [0.5, 0.6) is 0 Å². The molecule has 0 amide bonds. The molecule has 4 atom stereocenters. The first kappa shape index (κ1) is 28.0. The van der Waals surface area contributed by atoms with Gasteiger partial charge in [0.05, 0.1) is 16.6 Å². The number of nitrogens with zero attached hydrogens (tertiary/aromatic N) is 1. The van der Waals surface area contributed by atoms with E-state index >= 15 is 0 Å². The van der Waals surface area contributed by atoms with Crippen molar-refractivity contribution in [3.8, 4) is 0 Å². The van der Waals surface area contributed by atoms with Crippen LogP contribution in [0.15, 0.2) is 15.8 Å². The quantitative estimate of drug-likeness (QED) is 0.285. The van der Waals surface area contributed by atoms with Crippen LogP contribution in [0.4, 0.5) is 0 Å². The molecule has 1 aromatic rings. The molecule has 0 radical (unpaired) electrons. The molecule has 7 nitrogen and oxygen atoms in total. The lowest BCUT2D eigenvalue weighted by Gasteiger charge is -2.41. The average Bonchev–Trinajstić information content (AvgIpc) is 2.90. The Kier molecular flexibility index (Phi) is 8.22. The van der Waals surface area contributed by atoms with E-state index in [9.17, 15) is 9.59 Å². The van der Waals surface area contributed by atoms with Crippen LogP contribution in [0.2, 0.25) is 36.3 Å². The van der Waals surface area contributed by atoms with Crippen molar-refractivity contribution >= 4 is 39.2 Å². The summed E-state index contributed by atoms with van der Waals surface area (Å²) in [6, 6.07) is 0. The molecule has 1 aromatic heterocycles. The maximum absolute atomic E-state index is 12.6. The number of H-pyrrole nitrogens is 1. The highest BCUT2D eigenvalue weighted by Crippen LogP contribution is 2.44. The molecule has 0 aliphatic carbocycles. The summed E-state index contributed by atoms with van der Waals surface area (Å²) in [5, 5.41) is 0.120. The van der Waals surface area contributed by atoms with Crippen LogP contribution in [-0.2, 0) is 13.6 Å². The van der Waals surface area contributed by atoms with Gasteiger partial charge in [0, 0.05) is 11.8 Å². The molecule has 0 saturated carbocycles. The zero-order valence-corrected chi connectivity index (χ0v) is 25.6. The minimum absolute atomic E-state index is 0.0394. The van der Waals surface area contributed by atoms with Crippen molar-refractivity contribution in [3.05, 3.63) is 32.6 Å². The minimum atomic E-state index is -2.10. The van der Waals surface area contributed by atoms with Crippen molar-refractivity contribution in [2.75, 3.05) is 6.61 Å². The Balaban J connectivity index is 2.41. The minimum Gasteiger partial charge on any atom is -0.414 e. The Morgan fingerprint density at radius 2 is 1.59 bits per heavy atom. The number of halogens is 1. The fraction of sp³-hybridized carbons (Fsp3) is 0.818. The molecule has 1 fully saturated rings. The molecule has 1 saturated heterocycles. The number of rotatable bonds is 6. The molecule has 184 valence electrons. The maximum atomic E-state index is 12.6. The molecule has 1 aliphatic rings. The van der Waals surface area contributed by atoms with Gasteiger partial charge in [-0.05, 0) is 43.2 Å². The van der Waals surface area contributed by atoms with Gasteiger partial charge in [0.1, 0.15) is 6.10 Å². The summed E-state index contributed by atoms with van der Waals surface area (Å²) in [5.41, 5.74) is -0.370. The first-order chi connectivity index (χ1) is 14.3. The number of aromatic amines is 1. The van der Waals surface area contributed by atoms with E-state index in [1.807, 2.05) is 0 Å². The molecule has 2 rings (SSSR count). The smallest absolute Gasteiger partial charge is 0.330 e. The Bertz CT molecular complexity index is 930. The van der Waals surface area contributed by atoms with Crippen LogP contribution in [0.25, 0.3) is 0 Å².